The molecule has 0 unspecified atom stereocenters. The van der Waals surface area contributed by atoms with Crippen LogP contribution in [-0.2, 0) is 16.1 Å². The van der Waals surface area contributed by atoms with Gasteiger partial charge < -0.3 is 4.74 Å². The fourth-order valence-corrected chi connectivity index (χ4v) is 5.13. The highest BCUT2D eigenvalue weighted by Gasteiger charge is 2.10. The highest BCUT2D eigenvalue weighted by Crippen LogP contribution is 2.29. The summed E-state index contributed by atoms with van der Waals surface area (Å²) in [6.45, 7) is 2.63. The van der Waals surface area contributed by atoms with Crippen LogP contribution in [0.1, 0.15) is 115 Å². The molecule has 0 fully saturated rings. The van der Waals surface area contributed by atoms with Crippen molar-refractivity contribution in [1.29, 1.82) is 0 Å². The quantitative estimate of drug-likeness (QED) is 0.104. The maximum atomic E-state index is 12.4. The summed E-state index contributed by atoms with van der Waals surface area (Å²) in [5.74, 6) is -0.0725. The maximum absolute atomic E-state index is 12.4. The Morgan fingerprint density at radius 3 is 1.51 bits per heavy atom. The summed E-state index contributed by atoms with van der Waals surface area (Å²) in [5.41, 5.74) is 1.11. The molecule has 0 aliphatic carbocycles. The number of carbonyl (C=O) groups is 1. The van der Waals surface area contributed by atoms with Crippen molar-refractivity contribution in [1.82, 2.24) is 0 Å². The number of fused-ring (bicyclic) bond motifs is 2. The number of hydrogen-bond donors (Lipinski definition) is 0. The lowest BCUT2D eigenvalue weighted by molar-refractivity contribution is -0.145. The first-order valence-corrected chi connectivity index (χ1v) is 14.3. The molecule has 35 heavy (non-hydrogen) atoms. The molecule has 0 spiro atoms. The number of carbonyl (C=O) groups excluding carboxylic acids is 1. The molecule has 2 heteroatoms. The zero-order valence-corrected chi connectivity index (χ0v) is 22.0. The zero-order valence-electron chi connectivity index (χ0n) is 22.0. The Morgan fingerprint density at radius 1 is 0.600 bits per heavy atom. The lowest BCUT2D eigenvalue weighted by atomic mass is 9.97. The van der Waals surface area contributed by atoms with E-state index in [2.05, 4.69) is 61.5 Å². The topological polar surface area (TPSA) is 26.3 Å². The van der Waals surface area contributed by atoms with Crippen LogP contribution in [0.3, 0.4) is 0 Å². The Balaban J connectivity index is 1.24. The van der Waals surface area contributed by atoms with E-state index in [0.717, 1.165) is 18.4 Å². The minimum atomic E-state index is -0.0725. The van der Waals surface area contributed by atoms with E-state index in [1.54, 1.807) is 0 Å². The van der Waals surface area contributed by atoms with Gasteiger partial charge in [0.05, 0.1) is 0 Å². The molecule has 2 nitrogen and oxygen atoms in total. The molecule has 0 amide bonds. The Labute approximate surface area is 213 Å². The third kappa shape index (κ3) is 9.67. The van der Waals surface area contributed by atoms with Crippen molar-refractivity contribution in [3.63, 3.8) is 0 Å². The van der Waals surface area contributed by atoms with E-state index in [0.29, 0.717) is 13.0 Å². The van der Waals surface area contributed by atoms with Gasteiger partial charge in [-0.2, -0.15) is 0 Å². The van der Waals surface area contributed by atoms with Crippen LogP contribution in [0.15, 0.2) is 54.6 Å². The van der Waals surface area contributed by atoms with Crippen LogP contribution in [0.5, 0.6) is 0 Å². The monoisotopic (exact) mass is 474 g/mol. The smallest absolute Gasteiger partial charge is 0.306 e. The van der Waals surface area contributed by atoms with Crippen LogP contribution in [-0.4, -0.2) is 5.97 Å². The minimum absolute atomic E-state index is 0.0725. The number of hydrogen-bond acceptors (Lipinski definition) is 2. The molecule has 190 valence electrons. The maximum Gasteiger partial charge on any atom is 0.306 e. The molecule has 0 heterocycles. The van der Waals surface area contributed by atoms with E-state index in [9.17, 15) is 4.79 Å². The molecule has 3 rings (SSSR count). The standard InChI is InChI=1S/C33H46O2/c1-2-3-4-5-6-7-8-9-10-11-12-13-14-15-16-25-33(34)35-27-32-30-23-19-17-21-28(30)26-29-22-18-20-24-31(29)32/h17-24,26H,2-16,25,27H2,1H3. The van der Waals surface area contributed by atoms with E-state index in [1.807, 2.05) is 0 Å². The van der Waals surface area contributed by atoms with Gasteiger partial charge in [0, 0.05) is 12.0 Å². The third-order valence-electron chi connectivity index (χ3n) is 7.24. The number of esters is 1. The van der Waals surface area contributed by atoms with Crippen LogP contribution in [0, 0.1) is 0 Å². The van der Waals surface area contributed by atoms with Crippen molar-refractivity contribution in [3.05, 3.63) is 60.2 Å². The van der Waals surface area contributed by atoms with E-state index < -0.39 is 0 Å². The molecule has 0 atom stereocenters. The van der Waals surface area contributed by atoms with Crippen molar-refractivity contribution in [2.45, 2.75) is 116 Å². The molecule has 0 saturated carbocycles. The Hall–Kier alpha value is -2.35. The van der Waals surface area contributed by atoms with Crippen molar-refractivity contribution in [2.24, 2.45) is 0 Å². The molecule has 3 aromatic carbocycles. The fourth-order valence-electron chi connectivity index (χ4n) is 5.13. The predicted octanol–water partition coefficient (Wildman–Crippen LogP) is 10.3. The zero-order chi connectivity index (χ0) is 24.6. The largest absolute Gasteiger partial charge is 0.461 e. The summed E-state index contributed by atoms with van der Waals surface area (Å²) in [7, 11) is 0. The Bertz CT molecular complexity index is 952. The summed E-state index contributed by atoms with van der Waals surface area (Å²) in [6, 6.07) is 18.9. The summed E-state index contributed by atoms with van der Waals surface area (Å²) in [5, 5.41) is 4.73. The van der Waals surface area contributed by atoms with Crippen molar-refractivity contribution in [2.75, 3.05) is 0 Å². The van der Waals surface area contributed by atoms with Gasteiger partial charge in [0.25, 0.3) is 0 Å². The SMILES string of the molecule is CCCCCCCCCCCCCCCCCC(=O)OCc1c2ccccc2cc2ccccc12. The van der Waals surface area contributed by atoms with Crippen molar-refractivity contribution < 1.29 is 9.53 Å². The van der Waals surface area contributed by atoms with Crippen LogP contribution in [0.25, 0.3) is 21.5 Å². The molecule has 0 aromatic heterocycles. The normalized spacial score (nSPS) is 11.3. The van der Waals surface area contributed by atoms with Crippen molar-refractivity contribution in [3.8, 4) is 0 Å². The lowest BCUT2D eigenvalue weighted by Gasteiger charge is -2.12. The van der Waals surface area contributed by atoms with Gasteiger partial charge in [0.15, 0.2) is 0 Å². The molecule has 0 aliphatic heterocycles. The summed E-state index contributed by atoms with van der Waals surface area (Å²) in [6.07, 6.45) is 20.5. The first-order valence-electron chi connectivity index (χ1n) is 14.3. The second-order valence-corrected chi connectivity index (χ2v) is 10.2. The van der Waals surface area contributed by atoms with Gasteiger partial charge in [-0.3, -0.25) is 4.79 Å². The average molecular weight is 475 g/mol. The van der Waals surface area contributed by atoms with Crippen LogP contribution < -0.4 is 0 Å². The van der Waals surface area contributed by atoms with Gasteiger partial charge in [-0.05, 0) is 34.0 Å². The molecule has 0 bridgehead atoms. The van der Waals surface area contributed by atoms with Gasteiger partial charge in [0.1, 0.15) is 6.61 Å². The van der Waals surface area contributed by atoms with Crippen LogP contribution >= 0.6 is 0 Å². The molecule has 0 radical (unpaired) electrons. The second-order valence-electron chi connectivity index (χ2n) is 10.2. The minimum Gasteiger partial charge on any atom is -0.461 e. The van der Waals surface area contributed by atoms with Gasteiger partial charge in [-0.1, -0.05) is 145 Å². The van der Waals surface area contributed by atoms with Gasteiger partial charge in [-0.15, -0.1) is 0 Å². The van der Waals surface area contributed by atoms with Gasteiger partial charge in [0.2, 0.25) is 0 Å². The number of unbranched alkanes of at least 4 members (excludes halogenated alkanes) is 14. The Morgan fingerprint density at radius 2 is 1.03 bits per heavy atom. The van der Waals surface area contributed by atoms with E-state index in [-0.39, 0.29) is 5.97 Å². The molecular formula is C33H46O2. The highest BCUT2D eigenvalue weighted by atomic mass is 16.5. The fraction of sp³-hybridized carbons (Fsp3) is 0.545. The third-order valence-corrected chi connectivity index (χ3v) is 7.24. The predicted molar refractivity (Wildman–Crippen MR) is 151 cm³/mol. The summed E-state index contributed by atoms with van der Waals surface area (Å²) in [4.78, 5) is 12.4. The lowest BCUT2D eigenvalue weighted by Crippen LogP contribution is -2.05. The molecule has 0 saturated heterocycles. The average Bonchev–Trinajstić information content (AvgIpc) is 2.88. The van der Waals surface area contributed by atoms with Crippen LogP contribution in [0.4, 0.5) is 0 Å². The number of rotatable bonds is 18. The second kappa shape index (κ2) is 16.3. The van der Waals surface area contributed by atoms with Crippen LogP contribution in [0.2, 0.25) is 0 Å². The molecular weight excluding hydrogens is 428 g/mol. The molecule has 0 N–H and O–H groups in total. The van der Waals surface area contributed by atoms with Gasteiger partial charge >= 0.3 is 5.97 Å². The van der Waals surface area contributed by atoms with Gasteiger partial charge in [-0.25, -0.2) is 0 Å². The number of benzene rings is 3. The number of ether oxygens (including phenoxy) is 1. The van der Waals surface area contributed by atoms with E-state index >= 15 is 0 Å². The molecule has 3 aromatic rings. The van der Waals surface area contributed by atoms with Crippen molar-refractivity contribution >= 4 is 27.5 Å². The first-order chi connectivity index (χ1) is 17.3. The summed E-state index contributed by atoms with van der Waals surface area (Å²) < 4.78 is 5.72. The van der Waals surface area contributed by atoms with E-state index in [1.165, 1.54) is 105 Å². The highest BCUT2D eigenvalue weighted by molar-refractivity contribution is 6.02. The molecule has 0 aliphatic rings. The summed E-state index contributed by atoms with van der Waals surface area (Å²) >= 11 is 0. The first kappa shape index (κ1) is 27.2. The van der Waals surface area contributed by atoms with E-state index in [4.69, 9.17) is 4.74 Å². The Kier molecular flexibility index (Phi) is 12.7.